The maximum absolute atomic E-state index is 13.1. The summed E-state index contributed by atoms with van der Waals surface area (Å²) in [5, 5.41) is 29.1. The van der Waals surface area contributed by atoms with Crippen molar-refractivity contribution < 1.29 is 33.7 Å². The maximum Gasteiger partial charge on any atom is 0.323 e. The number of ether oxygens (including phenoxy) is 3. The smallest absolute Gasteiger partial charge is 0.323 e. The highest BCUT2D eigenvalue weighted by Crippen LogP contribution is 2.42. The summed E-state index contributed by atoms with van der Waals surface area (Å²) in [6.07, 6.45) is 3.13. The van der Waals surface area contributed by atoms with E-state index in [1.165, 1.54) is 16.9 Å². The van der Waals surface area contributed by atoms with E-state index < -0.39 is 47.3 Å². The summed E-state index contributed by atoms with van der Waals surface area (Å²) in [4.78, 5) is 42.3. The van der Waals surface area contributed by atoms with Crippen molar-refractivity contribution in [1.29, 1.82) is 5.26 Å². The Hall–Kier alpha value is -3.60. The third-order valence-electron chi connectivity index (χ3n) is 8.22. The van der Waals surface area contributed by atoms with E-state index in [1.54, 1.807) is 26.8 Å². The molecular formula is C30H42N6O7. The molecule has 0 radical (unpaired) electrons. The predicted molar refractivity (Wildman–Crippen MR) is 154 cm³/mol. The molecule has 1 saturated heterocycles. The molecule has 1 amide bonds. The molecule has 0 spiro atoms. The second kappa shape index (κ2) is 13.4. The van der Waals surface area contributed by atoms with Gasteiger partial charge in [-0.15, -0.1) is 0 Å². The first kappa shape index (κ1) is 32.3. The molecule has 2 aliphatic rings. The van der Waals surface area contributed by atoms with E-state index in [0.717, 1.165) is 32.1 Å². The zero-order chi connectivity index (χ0) is 31.4. The first-order chi connectivity index (χ1) is 20.4. The molecular weight excluding hydrogens is 556 g/mol. The minimum Gasteiger partial charge on any atom is -0.463 e. The lowest BCUT2D eigenvalue weighted by Crippen LogP contribution is -2.49. The third-order valence-corrected chi connectivity index (χ3v) is 8.22. The monoisotopic (exact) mass is 598 g/mol. The van der Waals surface area contributed by atoms with E-state index in [9.17, 15) is 24.8 Å². The fourth-order valence-corrected chi connectivity index (χ4v) is 5.53. The molecule has 0 unspecified atom stereocenters. The Morgan fingerprint density at radius 2 is 2.02 bits per heavy atom. The molecule has 0 aromatic carbocycles. The lowest BCUT2D eigenvalue weighted by molar-refractivity contribution is -0.163. The number of anilines is 1. The molecule has 1 saturated carbocycles. The van der Waals surface area contributed by atoms with Crippen molar-refractivity contribution in [3.63, 3.8) is 0 Å². The van der Waals surface area contributed by atoms with Crippen molar-refractivity contribution in [3.8, 4) is 6.07 Å². The summed E-state index contributed by atoms with van der Waals surface area (Å²) < 4.78 is 18.7. The summed E-state index contributed by atoms with van der Waals surface area (Å²) in [6, 6.07) is 4.12. The fraction of sp³-hybridized carbons (Fsp3) is 0.667. The molecule has 4 N–H and O–H groups in total. The SMILES string of the molecule is CCCCC(=O)Nc1ncnn2c([C@]3(C#N)O[C@H](COC(=O)CC4CCCC4)[C@@H](OC(=O)[C@@H](N)C(C)(C)C)[C@H]3O)ccc12. The van der Waals surface area contributed by atoms with Gasteiger partial charge in [0.15, 0.2) is 11.9 Å². The second-order valence-corrected chi connectivity index (χ2v) is 12.5. The van der Waals surface area contributed by atoms with E-state index in [2.05, 4.69) is 15.4 Å². The Labute approximate surface area is 251 Å². The number of aromatic nitrogens is 3. The van der Waals surface area contributed by atoms with Gasteiger partial charge in [-0.3, -0.25) is 14.4 Å². The topological polar surface area (TPSA) is 191 Å². The van der Waals surface area contributed by atoms with Gasteiger partial charge in [-0.1, -0.05) is 47.0 Å². The Bertz CT molecular complexity index is 1360. The van der Waals surface area contributed by atoms with Crippen molar-refractivity contribution in [3.05, 3.63) is 24.2 Å². The average Bonchev–Trinajstić information content (AvgIpc) is 3.70. The van der Waals surface area contributed by atoms with Crippen molar-refractivity contribution in [2.24, 2.45) is 17.1 Å². The fourth-order valence-electron chi connectivity index (χ4n) is 5.53. The van der Waals surface area contributed by atoms with Crippen LogP contribution in [0.4, 0.5) is 5.82 Å². The highest BCUT2D eigenvalue weighted by Gasteiger charge is 2.60. The van der Waals surface area contributed by atoms with Crippen LogP contribution in [-0.2, 0) is 34.2 Å². The lowest BCUT2D eigenvalue weighted by atomic mass is 9.87. The number of carbonyl (C=O) groups is 3. The van der Waals surface area contributed by atoms with Gasteiger partial charge in [0.25, 0.3) is 0 Å². The number of hydrogen-bond donors (Lipinski definition) is 3. The van der Waals surface area contributed by atoms with Gasteiger partial charge >= 0.3 is 11.9 Å². The summed E-state index contributed by atoms with van der Waals surface area (Å²) in [5.74, 6) is -0.975. The number of esters is 2. The van der Waals surface area contributed by atoms with Crippen LogP contribution in [0.2, 0.25) is 0 Å². The van der Waals surface area contributed by atoms with Gasteiger partial charge in [0.05, 0.1) is 5.69 Å². The standard InChI is InChI=1S/C30H42N6O7/c1-5-6-11-22(37)35-27-19-12-13-21(36(19)34-17-33-27)30(16-31)26(39)24(42-28(40)25(32)29(2,3)4)20(43-30)15-41-23(38)14-18-9-7-8-10-18/h12-13,17-18,20,24-26,39H,5-11,14-15,32H2,1-4H3,(H,33,34,35,37)/t20-,24-,25-,26-,30+/m1/s1. The number of fused-ring (bicyclic) bond motifs is 1. The number of unbranched alkanes of at least 4 members (excludes halogenated alkanes) is 1. The minimum absolute atomic E-state index is 0.116. The number of nitrogens with two attached hydrogens (primary N) is 1. The van der Waals surface area contributed by atoms with Gasteiger partial charge in [0, 0.05) is 12.8 Å². The Balaban J connectivity index is 1.64. The first-order valence-electron chi connectivity index (χ1n) is 14.9. The largest absolute Gasteiger partial charge is 0.463 e. The number of carbonyl (C=O) groups excluding carboxylic acids is 3. The van der Waals surface area contributed by atoms with Gasteiger partial charge in [0.1, 0.15) is 42.8 Å². The summed E-state index contributed by atoms with van der Waals surface area (Å²) in [7, 11) is 0. The third kappa shape index (κ3) is 6.98. The van der Waals surface area contributed by atoms with Crippen LogP contribution in [-0.4, -0.2) is 68.5 Å². The van der Waals surface area contributed by atoms with Crippen LogP contribution in [0.15, 0.2) is 18.5 Å². The number of aliphatic hydroxyl groups is 1. The molecule has 2 aromatic rings. The summed E-state index contributed by atoms with van der Waals surface area (Å²) in [6.45, 7) is 6.94. The predicted octanol–water partition coefficient (Wildman–Crippen LogP) is 2.75. The van der Waals surface area contributed by atoms with Crippen molar-refractivity contribution in [1.82, 2.24) is 14.6 Å². The lowest BCUT2D eigenvalue weighted by Gasteiger charge is -2.29. The molecule has 2 aromatic heterocycles. The molecule has 4 rings (SSSR count). The molecule has 5 atom stereocenters. The van der Waals surface area contributed by atoms with Gasteiger partial charge in [0.2, 0.25) is 11.5 Å². The van der Waals surface area contributed by atoms with Crippen molar-refractivity contribution in [2.75, 3.05) is 11.9 Å². The van der Waals surface area contributed by atoms with Crippen molar-refractivity contribution >= 4 is 29.2 Å². The molecule has 3 heterocycles. The van der Waals surface area contributed by atoms with Crippen LogP contribution < -0.4 is 11.1 Å². The molecule has 2 fully saturated rings. The number of nitriles is 1. The van der Waals surface area contributed by atoms with Gasteiger partial charge in [-0.25, -0.2) is 9.50 Å². The van der Waals surface area contributed by atoms with Crippen LogP contribution in [0, 0.1) is 22.7 Å². The quantitative estimate of drug-likeness (QED) is 0.322. The zero-order valence-corrected chi connectivity index (χ0v) is 25.2. The number of amides is 1. The number of rotatable bonds is 11. The molecule has 0 bridgehead atoms. The number of nitrogens with one attached hydrogen (secondary N) is 1. The van der Waals surface area contributed by atoms with Gasteiger partial charge in [-0.05, 0) is 42.7 Å². The Morgan fingerprint density at radius 1 is 1.30 bits per heavy atom. The van der Waals surface area contributed by atoms with Crippen LogP contribution in [0.1, 0.15) is 84.8 Å². The van der Waals surface area contributed by atoms with Crippen LogP contribution in [0.3, 0.4) is 0 Å². The highest BCUT2D eigenvalue weighted by molar-refractivity contribution is 5.93. The molecule has 13 heteroatoms. The van der Waals surface area contributed by atoms with E-state index in [1.807, 2.05) is 13.0 Å². The van der Waals surface area contributed by atoms with E-state index in [-0.39, 0.29) is 36.4 Å². The highest BCUT2D eigenvalue weighted by atomic mass is 16.6. The normalized spacial score (nSPS) is 24.9. The van der Waals surface area contributed by atoms with Crippen molar-refractivity contribution in [2.45, 2.75) is 109 Å². The molecule has 13 nitrogen and oxygen atoms in total. The zero-order valence-electron chi connectivity index (χ0n) is 25.2. The van der Waals surface area contributed by atoms with Crippen LogP contribution >= 0.6 is 0 Å². The van der Waals surface area contributed by atoms with Crippen LogP contribution in [0.5, 0.6) is 0 Å². The summed E-state index contributed by atoms with van der Waals surface area (Å²) in [5.41, 5.74) is 3.88. The van der Waals surface area contributed by atoms with E-state index >= 15 is 0 Å². The molecule has 43 heavy (non-hydrogen) atoms. The van der Waals surface area contributed by atoms with Gasteiger partial charge in [-0.2, -0.15) is 10.4 Å². The maximum atomic E-state index is 13.1. The molecule has 1 aliphatic heterocycles. The number of aliphatic hydroxyl groups excluding tert-OH is 1. The Kier molecular flexibility index (Phi) is 10.0. The Morgan fingerprint density at radius 3 is 2.67 bits per heavy atom. The molecule has 1 aliphatic carbocycles. The summed E-state index contributed by atoms with van der Waals surface area (Å²) >= 11 is 0. The second-order valence-electron chi connectivity index (χ2n) is 12.5. The molecule has 234 valence electrons. The first-order valence-corrected chi connectivity index (χ1v) is 14.9. The van der Waals surface area contributed by atoms with Gasteiger partial charge < -0.3 is 30.4 Å². The average molecular weight is 599 g/mol. The minimum atomic E-state index is -2.08. The number of hydrogen-bond acceptors (Lipinski definition) is 11. The van der Waals surface area contributed by atoms with E-state index in [4.69, 9.17) is 19.9 Å². The van der Waals surface area contributed by atoms with E-state index in [0.29, 0.717) is 18.4 Å². The van der Waals surface area contributed by atoms with Crippen LogP contribution in [0.25, 0.3) is 5.52 Å². The number of nitrogens with zero attached hydrogens (tertiary/aromatic N) is 4.